The molecule has 0 aliphatic heterocycles. The maximum atomic E-state index is 4.43. The predicted octanol–water partition coefficient (Wildman–Crippen LogP) is 3.09. The van der Waals surface area contributed by atoms with E-state index < -0.39 is 0 Å². The second-order valence-electron chi connectivity index (χ2n) is 3.70. The van der Waals surface area contributed by atoms with Gasteiger partial charge in [-0.3, -0.25) is 0 Å². The molecular weight excluding hydrogens is 268 g/mol. The third kappa shape index (κ3) is 2.52. The fourth-order valence-corrected chi connectivity index (χ4v) is 1.89. The molecule has 0 atom stereocenters. The highest BCUT2D eigenvalue weighted by atomic mass is 79.9. The van der Waals surface area contributed by atoms with Crippen molar-refractivity contribution in [2.75, 3.05) is 11.9 Å². The highest BCUT2D eigenvalue weighted by Crippen LogP contribution is 2.13. The number of unbranched alkanes of at least 4 members (excludes halogenated alkanes) is 2. The Morgan fingerprint density at radius 2 is 2.25 bits per heavy atom. The molecule has 2 heterocycles. The van der Waals surface area contributed by atoms with Crippen LogP contribution in [0.15, 0.2) is 22.9 Å². The molecule has 2 aromatic heterocycles. The smallest absolute Gasteiger partial charge is 0.154 e. The highest BCUT2D eigenvalue weighted by Gasteiger charge is 2.02. The minimum Gasteiger partial charge on any atom is -0.369 e. The molecular formula is C11H15BrN4. The molecule has 0 aliphatic rings. The van der Waals surface area contributed by atoms with Crippen LogP contribution < -0.4 is 5.32 Å². The van der Waals surface area contributed by atoms with Gasteiger partial charge in [-0.2, -0.15) is 0 Å². The molecule has 2 rings (SSSR count). The lowest BCUT2D eigenvalue weighted by atomic mass is 10.2. The summed E-state index contributed by atoms with van der Waals surface area (Å²) >= 11 is 3.40. The molecule has 86 valence electrons. The van der Waals surface area contributed by atoms with Crippen molar-refractivity contribution in [3.8, 4) is 0 Å². The van der Waals surface area contributed by atoms with Crippen LogP contribution in [0.5, 0.6) is 0 Å². The molecule has 0 aromatic carbocycles. The van der Waals surface area contributed by atoms with E-state index in [4.69, 9.17) is 0 Å². The zero-order valence-electron chi connectivity index (χ0n) is 9.28. The van der Waals surface area contributed by atoms with Gasteiger partial charge in [-0.1, -0.05) is 19.8 Å². The van der Waals surface area contributed by atoms with Crippen molar-refractivity contribution in [1.29, 1.82) is 0 Å². The summed E-state index contributed by atoms with van der Waals surface area (Å²) in [7, 11) is 0. The van der Waals surface area contributed by atoms with Gasteiger partial charge in [0.15, 0.2) is 5.65 Å². The van der Waals surface area contributed by atoms with E-state index in [9.17, 15) is 0 Å². The zero-order valence-corrected chi connectivity index (χ0v) is 10.9. The van der Waals surface area contributed by atoms with Crippen molar-refractivity contribution < 1.29 is 0 Å². The van der Waals surface area contributed by atoms with Crippen LogP contribution in [0.1, 0.15) is 26.2 Å². The van der Waals surface area contributed by atoms with Crippen molar-refractivity contribution in [2.24, 2.45) is 0 Å². The van der Waals surface area contributed by atoms with Gasteiger partial charge in [-0.25, -0.2) is 9.50 Å². The lowest BCUT2D eigenvalue weighted by Crippen LogP contribution is -2.05. The quantitative estimate of drug-likeness (QED) is 0.857. The Morgan fingerprint density at radius 1 is 1.38 bits per heavy atom. The van der Waals surface area contributed by atoms with E-state index in [1.807, 2.05) is 12.1 Å². The summed E-state index contributed by atoms with van der Waals surface area (Å²) in [5, 5.41) is 7.74. The molecule has 0 saturated carbocycles. The topological polar surface area (TPSA) is 42.2 Å². The van der Waals surface area contributed by atoms with E-state index in [2.05, 4.69) is 38.3 Å². The van der Waals surface area contributed by atoms with Crippen molar-refractivity contribution in [2.45, 2.75) is 26.2 Å². The molecule has 0 unspecified atom stereocenters. The van der Waals surface area contributed by atoms with Gasteiger partial charge in [-0.05, 0) is 34.5 Å². The van der Waals surface area contributed by atoms with Crippen LogP contribution >= 0.6 is 15.9 Å². The van der Waals surface area contributed by atoms with Crippen molar-refractivity contribution in [3.05, 3.63) is 22.9 Å². The number of imidazole rings is 1. The molecule has 0 amide bonds. The molecule has 1 N–H and O–H groups in total. The molecule has 0 bridgehead atoms. The van der Waals surface area contributed by atoms with Gasteiger partial charge in [0.1, 0.15) is 10.4 Å². The van der Waals surface area contributed by atoms with Crippen molar-refractivity contribution >= 4 is 27.4 Å². The number of nitrogens with zero attached hydrogens (tertiary/aromatic N) is 3. The van der Waals surface area contributed by atoms with Crippen LogP contribution in [0.3, 0.4) is 0 Å². The van der Waals surface area contributed by atoms with E-state index in [0.29, 0.717) is 0 Å². The molecule has 0 spiro atoms. The third-order valence-electron chi connectivity index (χ3n) is 2.41. The van der Waals surface area contributed by atoms with Gasteiger partial charge in [0.2, 0.25) is 0 Å². The minimum absolute atomic E-state index is 0.853. The van der Waals surface area contributed by atoms with Crippen LogP contribution in [0, 0.1) is 0 Å². The number of halogens is 1. The number of rotatable bonds is 5. The first-order valence-electron chi connectivity index (χ1n) is 5.55. The summed E-state index contributed by atoms with van der Waals surface area (Å²) in [6.07, 6.45) is 5.43. The lowest BCUT2D eigenvalue weighted by Gasteiger charge is -2.05. The van der Waals surface area contributed by atoms with Crippen LogP contribution in [0.25, 0.3) is 5.65 Å². The van der Waals surface area contributed by atoms with Gasteiger partial charge >= 0.3 is 0 Å². The Balaban J connectivity index is 2.04. The third-order valence-corrected chi connectivity index (χ3v) is 2.95. The van der Waals surface area contributed by atoms with E-state index in [1.165, 1.54) is 19.3 Å². The summed E-state index contributed by atoms with van der Waals surface area (Å²) in [6, 6.07) is 3.92. The average molecular weight is 283 g/mol. The standard InChI is InChI=1S/C11H15BrN4/c1-2-3-4-7-13-10-5-6-11-14-8-9(12)16(11)15-10/h5-6,8H,2-4,7H2,1H3,(H,13,15). The molecule has 0 radical (unpaired) electrons. The zero-order chi connectivity index (χ0) is 11.4. The maximum absolute atomic E-state index is 4.43. The first-order valence-corrected chi connectivity index (χ1v) is 6.34. The second kappa shape index (κ2) is 5.30. The molecule has 0 saturated heterocycles. The molecule has 4 nitrogen and oxygen atoms in total. The van der Waals surface area contributed by atoms with E-state index in [1.54, 1.807) is 10.7 Å². The Morgan fingerprint density at radius 3 is 3.06 bits per heavy atom. The first-order chi connectivity index (χ1) is 7.81. The summed E-state index contributed by atoms with van der Waals surface area (Å²) in [6.45, 7) is 3.17. The highest BCUT2D eigenvalue weighted by molar-refractivity contribution is 9.10. The number of fused-ring (bicyclic) bond motifs is 1. The monoisotopic (exact) mass is 282 g/mol. The van der Waals surface area contributed by atoms with Crippen LogP contribution in [-0.2, 0) is 0 Å². The van der Waals surface area contributed by atoms with Crippen LogP contribution in [-0.4, -0.2) is 21.1 Å². The molecule has 2 aromatic rings. The van der Waals surface area contributed by atoms with Crippen LogP contribution in [0.4, 0.5) is 5.82 Å². The number of nitrogens with one attached hydrogen (secondary N) is 1. The minimum atomic E-state index is 0.853. The fourth-order valence-electron chi connectivity index (χ4n) is 1.53. The molecule has 5 heteroatoms. The second-order valence-corrected chi connectivity index (χ2v) is 4.52. The number of hydrogen-bond donors (Lipinski definition) is 1. The number of anilines is 1. The van der Waals surface area contributed by atoms with Crippen LogP contribution in [0.2, 0.25) is 0 Å². The fraction of sp³-hybridized carbons (Fsp3) is 0.455. The molecule has 0 aliphatic carbocycles. The Kier molecular flexibility index (Phi) is 3.77. The Hall–Kier alpha value is -1.10. The van der Waals surface area contributed by atoms with Gasteiger partial charge in [0, 0.05) is 6.54 Å². The maximum Gasteiger partial charge on any atom is 0.154 e. The Labute approximate surface area is 103 Å². The van der Waals surface area contributed by atoms with Crippen molar-refractivity contribution in [3.63, 3.8) is 0 Å². The normalized spacial score (nSPS) is 10.9. The summed E-state index contributed by atoms with van der Waals surface area (Å²) in [4.78, 5) is 4.19. The average Bonchev–Trinajstić information content (AvgIpc) is 2.67. The van der Waals surface area contributed by atoms with E-state index in [-0.39, 0.29) is 0 Å². The molecule has 16 heavy (non-hydrogen) atoms. The molecule has 0 fully saturated rings. The van der Waals surface area contributed by atoms with E-state index in [0.717, 1.165) is 22.6 Å². The van der Waals surface area contributed by atoms with E-state index >= 15 is 0 Å². The predicted molar refractivity (Wildman–Crippen MR) is 68.7 cm³/mol. The SMILES string of the molecule is CCCCCNc1ccc2ncc(Br)n2n1. The summed E-state index contributed by atoms with van der Waals surface area (Å²) < 4.78 is 2.65. The number of hydrogen-bond acceptors (Lipinski definition) is 3. The Bertz CT molecular complexity index is 466. The first kappa shape index (κ1) is 11.4. The largest absolute Gasteiger partial charge is 0.369 e. The van der Waals surface area contributed by atoms with Gasteiger partial charge < -0.3 is 5.32 Å². The summed E-state index contributed by atoms with van der Waals surface area (Å²) in [5.41, 5.74) is 0.853. The summed E-state index contributed by atoms with van der Waals surface area (Å²) in [5.74, 6) is 0.891. The van der Waals surface area contributed by atoms with Gasteiger partial charge in [0.25, 0.3) is 0 Å². The number of aromatic nitrogens is 3. The van der Waals surface area contributed by atoms with Gasteiger partial charge in [0.05, 0.1) is 6.20 Å². The van der Waals surface area contributed by atoms with Crippen molar-refractivity contribution in [1.82, 2.24) is 14.6 Å². The van der Waals surface area contributed by atoms with Gasteiger partial charge in [-0.15, -0.1) is 5.10 Å². The lowest BCUT2D eigenvalue weighted by molar-refractivity contribution is 0.740.